The van der Waals surface area contributed by atoms with E-state index in [2.05, 4.69) is 33.5 Å². The van der Waals surface area contributed by atoms with Crippen LogP contribution in [0.15, 0.2) is 22.8 Å². The van der Waals surface area contributed by atoms with Crippen molar-refractivity contribution in [3.63, 3.8) is 0 Å². The Morgan fingerprint density at radius 1 is 0.596 bits per heavy atom. The van der Waals surface area contributed by atoms with Gasteiger partial charge in [-0.05, 0) is 90.7 Å². The fourth-order valence-electron chi connectivity index (χ4n) is 12.1. The van der Waals surface area contributed by atoms with Crippen LogP contribution < -0.4 is 32.3 Å². The van der Waals surface area contributed by atoms with Crippen LogP contribution in [-0.2, 0) is 95.6 Å². The van der Waals surface area contributed by atoms with Crippen LogP contribution in [0.4, 0.5) is 0 Å². The Kier molecular flexibility index (Phi) is 34.6. The van der Waals surface area contributed by atoms with E-state index in [1.165, 1.54) is 26.8 Å². The highest BCUT2D eigenvalue weighted by molar-refractivity contribution is 5.92. The Morgan fingerprint density at radius 3 is 1.47 bits per heavy atom. The van der Waals surface area contributed by atoms with E-state index in [1.54, 1.807) is 6.92 Å². The minimum Gasteiger partial charge on any atom is -0.481 e. The third kappa shape index (κ3) is 25.9. The Balaban J connectivity index is 1.44. The molecule has 13 unspecified atom stereocenters. The van der Waals surface area contributed by atoms with Crippen molar-refractivity contribution in [2.75, 3.05) is 6.54 Å². The predicted octanol–water partition coefficient (Wildman–Crippen LogP) is 2.35. The molecule has 33 heteroatoms. The largest absolute Gasteiger partial charge is 0.481 e. The molecule has 0 radical (unpaired) electrons. The van der Waals surface area contributed by atoms with Gasteiger partial charge in [-0.3, -0.25) is 43.2 Å². The van der Waals surface area contributed by atoms with Gasteiger partial charge in [-0.2, -0.15) is 0 Å². The number of carbonyl (C=O) groups is 15. The topological polar surface area (TPSA) is 530 Å². The smallest absolute Gasteiger partial charge is 0.341 e. The fourth-order valence-corrected chi connectivity index (χ4v) is 12.1. The van der Waals surface area contributed by atoms with E-state index in [0.29, 0.717) is 25.7 Å². The molecule has 1 saturated heterocycles. The number of rotatable bonds is 46. The van der Waals surface area contributed by atoms with Gasteiger partial charge in [0.25, 0.3) is 0 Å². The number of hydrogen-bond acceptors (Lipinski definition) is 23. The van der Waals surface area contributed by atoms with E-state index in [-0.39, 0.29) is 36.1 Å². The van der Waals surface area contributed by atoms with Gasteiger partial charge in [0.05, 0.1) is 18.4 Å². The Morgan fingerprint density at radius 2 is 1.03 bits per heavy atom. The molecular formula is C66H100N6O27. The number of hydrogen-bond donors (Lipinski definition) is 13. The molecule has 0 aromatic rings. The maximum Gasteiger partial charge on any atom is 0.341 e. The summed E-state index contributed by atoms with van der Waals surface area (Å²) in [5.74, 6) is -17.7. The number of nitrogens with two attached hydrogens (primary N) is 1. The number of ether oxygens (including phenoxy) is 5. The van der Waals surface area contributed by atoms with Crippen LogP contribution in [0, 0.1) is 5.92 Å². The number of unbranched alkanes of at least 4 members (excludes halogenated alkanes) is 12. The molecule has 0 aromatic heterocycles. The molecular weight excluding hydrogens is 1310 g/mol. The summed E-state index contributed by atoms with van der Waals surface area (Å²) in [5.41, 5.74) is -0.816. The van der Waals surface area contributed by atoms with Crippen molar-refractivity contribution in [3.8, 4) is 0 Å². The Labute approximate surface area is 573 Å². The molecule has 1 heterocycles. The number of aliphatic carboxylic acids is 5. The number of amides is 5. The Hall–Kier alpha value is -8.59. The first-order chi connectivity index (χ1) is 46.4. The van der Waals surface area contributed by atoms with Crippen molar-refractivity contribution < 1.29 is 131 Å². The zero-order valence-corrected chi connectivity index (χ0v) is 57.3. The zero-order chi connectivity index (χ0) is 74.5. The summed E-state index contributed by atoms with van der Waals surface area (Å²) in [6.07, 6.45) is -0.0743. The molecule has 0 aromatic carbocycles. The average molecular weight is 1410 g/mol. The summed E-state index contributed by atoms with van der Waals surface area (Å²) in [6, 6.07) is -8.22. The normalized spacial score (nSPS) is 23.2. The van der Waals surface area contributed by atoms with Gasteiger partial charge in [0.1, 0.15) is 35.9 Å². The highest BCUT2D eigenvalue weighted by atomic mass is 16.6. The van der Waals surface area contributed by atoms with E-state index in [9.17, 15) is 103 Å². The van der Waals surface area contributed by atoms with Crippen molar-refractivity contribution in [2.24, 2.45) is 11.7 Å². The maximum absolute atomic E-state index is 13.7. The van der Waals surface area contributed by atoms with E-state index >= 15 is 0 Å². The molecule has 14 N–H and O–H groups in total. The van der Waals surface area contributed by atoms with Gasteiger partial charge in [0.15, 0.2) is 29.5 Å². The van der Waals surface area contributed by atoms with E-state index in [4.69, 9.17) is 34.5 Å². The lowest BCUT2D eigenvalue weighted by Gasteiger charge is -2.41. The molecule has 33 nitrogen and oxygen atoms in total. The second-order valence-corrected chi connectivity index (χ2v) is 25.7. The first-order valence-electron chi connectivity index (χ1n) is 33.6. The fraction of sp³-hybridized carbons (Fsp3) is 0.712. The number of carboxylic acids is 5. The van der Waals surface area contributed by atoms with Gasteiger partial charge < -0.3 is 91.7 Å². The van der Waals surface area contributed by atoms with Crippen LogP contribution in [0.3, 0.4) is 0 Å². The summed E-state index contributed by atoms with van der Waals surface area (Å²) in [4.78, 5) is 188. The molecule has 556 valence electrons. The van der Waals surface area contributed by atoms with E-state index in [1.807, 2.05) is 0 Å². The molecule has 13 atom stereocenters. The van der Waals surface area contributed by atoms with Crippen molar-refractivity contribution in [2.45, 2.75) is 287 Å². The maximum atomic E-state index is 13.7. The van der Waals surface area contributed by atoms with Gasteiger partial charge in [0.2, 0.25) is 29.5 Å². The molecule has 0 spiro atoms. The van der Waals surface area contributed by atoms with Crippen LogP contribution in [0.1, 0.15) is 215 Å². The summed E-state index contributed by atoms with van der Waals surface area (Å²) >= 11 is 0. The molecule has 1 saturated carbocycles. The van der Waals surface area contributed by atoms with Crippen LogP contribution in [0.2, 0.25) is 0 Å². The van der Waals surface area contributed by atoms with Crippen molar-refractivity contribution in [1.82, 2.24) is 26.6 Å². The minimum absolute atomic E-state index is 0.00607. The van der Waals surface area contributed by atoms with Gasteiger partial charge in [-0.1, -0.05) is 83.6 Å². The molecule has 99 heavy (non-hydrogen) atoms. The van der Waals surface area contributed by atoms with Crippen LogP contribution in [-0.4, -0.2) is 203 Å². The lowest BCUT2D eigenvalue weighted by atomic mass is 9.75. The highest BCUT2D eigenvalue weighted by Crippen LogP contribution is 2.57. The monoisotopic (exact) mass is 1410 g/mol. The highest BCUT2D eigenvalue weighted by Gasteiger charge is 2.76. The standard InChI is InChI=1S/C66H100N6O27/c1-8-10-11-17-20-24-51(81)96-55-53-52(37(4)54(55)97-62(91)36(3)9-2)56-66(94,65(7,93)63(92)98-56)44(35-64(53,6)99-38(5)73)95-50(80)23-21-18-15-13-12-14-16-19-22-33-68-48(77)34-39(67)57(82)72-43(61(89)90)27-31-47(76)70-41(59(85)86)25-29-45(74)69-40(58(83)84)26-30-46(75)71-42(60(87)88)28-32-49(78)79/h9,39-44,53-56,93-94H,8,10-35,67H2,1-7H3,(H,68,77)(H,69,74)(H,70,76)(H,71,75)(H,72,82)(H,78,79)(H,83,84)(H,85,86)(H,87,88)(H,89,90). The summed E-state index contributed by atoms with van der Waals surface area (Å²) in [6.45, 7) is 10.6. The molecule has 2 fully saturated rings. The predicted molar refractivity (Wildman–Crippen MR) is 343 cm³/mol. The second kappa shape index (κ2) is 40.5. The van der Waals surface area contributed by atoms with Crippen LogP contribution >= 0.6 is 0 Å². The number of esters is 5. The molecule has 2 aliphatic carbocycles. The third-order valence-corrected chi connectivity index (χ3v) is 17.8. The van der Waals surface area contributed by atoms with Crippen LogP contribution in [0.5, 0.6) is 0 Å². The van der Waals surface area contributed by atoms with Gasteiger partial charge in [0, 0.05) is 64.0 Å². The molecule has 5 amide bonds. The lowest BCUT2D eigenvalue weighted by Crippen LogP contribution is -2.64. The zero-order valence-electron chi connectivity index (χ0n) is 57.3. The molecule has 3 aliphatic rings. The average Bonchev–Trinajstić information content (AvgIpc) is 1.53. The quantitative estimate of drug-likeness (QED) is 0.0137. The number of carbonyl (C=O) groups excluding carboxylic acids is 10. The van der Waals surface area contributed by atoms with Gasteiger partial charge in [-0.15, -0.1) is 0 Å². The number of aliphatic hydroxyl groups is 2. The molecule has 0 bridgehead atoms. The number of carboxylic acid groups (broad SMARTS) is 5. The summed E-state index contributed by atoms with van der Waals surface area (Å²) < 4.78 is 30.0. The summed E-state index contributed by atoms with van der Waals surface area (Å²) in [7, 11) is 0. The minimum atomic E-state index is -2.70. The number of allylic oxidation sites excluding steroid dienone is 1. The van der Waals surface area contributed by atoms with E-state index < -0.39 is 231 Å². The SMILES string of the molecule is CC=C(C)C(=O)OC1C(C)=C2C(C1OC(=O)CCCCCCC)C(C)(OC(C)=O)CC(OC(=O)CCCCCCCCCCCNC(=O)CC(N)C(=O)NC(CCC(=O)NC(CCC(=O)NC(CCC(=O)NC(CCC(=O)O)C(=O)O)C(=O)O)C(=O)O)C(=O)O)C1(O)C2OC(=O)C1(C)O. The van der Waals surface area contributed by atoms with Gasteiger partial charge in [-0.25, -0.2) is 28.8 Å². The lowest BCUT2D eigenvalue weighted by molar-refractivity contribution is -0.212. The molecule has 3 rings (SSSR count). The van der Waals surface area contributed by atoms with Crippen LogP contribution in [0.25, 0.3) is 0 Å². The van der Waals surface area contributed by atoms with E-state index in [0.717, 1.165) is 78.1 Å². The number of nitrogens with one attached hydrogen (secondary N) is 5. The summed E-state index contributed by atoms with van der Waals surface area (Å²) in [5, 5.41) is 82.6. The number of fused-ring (bicyclic) bond motifs is 3. The van der Waals surface area contributed by atoms with Crippen molar-refractivity contribution >= 4 is 89.2 Å². The van der Waals surface area contributed by atoms with Gasteiger partial charge >= 0.3 is 59.7 Å². The first-order valence-corrected chi connectivity index (χ1v) is 33.6. The Bertz CT molecular complexity index is 2980. The third-order valence-electron chi connectivity index (χ3n) is 17.8. The van der Waals surface area contributed by atoms with Crippen molar-refractivity contribution in [1.29, 1.82) is 0 Å². The second-order valence-electron chi connectivity index (χ2n) is 25.7. The first kappa shape index (κ1) is 84.6. The molecule has 1 aliphatic heterocycles. The van der Waals surface area contributed by atoms with Crippen molar-refractivity contribution in [3.05, 3.63) is 22.8 Å².